The summed E-state index contributed by atoms with van der Waals surface area (Å²) in [5.74, 6) is -0.568. The van der Waals surface area contributed by atoms with Crippen molar-refractivity contribution in [2.75, 3.05) is 19.7 Å². The van der Waals surface area contributed by atoms with Crippen molar-refractivity contribution in [3.8, 4) is 16.9 Å². The zero-order valence-corrected chi connectivity index (χ0v) is 13.9. The van der Waals surface area contributed by atoms with Gasteiger partial charge in [-0.25, -0.2) is 0 Å². The Kier molecular flexibility index (Phi) is 5.95. The minimum atomic E-state index is -1.02. The van der Waals surface area contributed by atoms with Crippen LogP contribution in [0.25, 0.3) is 11.1 Å². The number of carbonyl (C=O) groups excluding carboxylic acids is 1. The fraction of sp³-hybridized carbons (Fsp3) is 0.263. The van der Waals surface area contributed by atoms with Gasteiger partial charge in [0.2, 0.25) is 0 Å². The van der Waals surface area contributed by atoms with Gasteiger partial charge in [0.15, 0.2) is 0 Å². The maximum atomic E-state index is 12.5. The quantitative estimate of drug-likeness (QED) is 0.847. The summed E-state index contributed by atoms with van der Waals surface area (Å²) in [7, 11) is 0. The molecule has 5 heteroatoms. The third kappa shape index (κ3) is 4.13. The van der Waals surface area contributed by atoms with E-state index in [4.69, 9.17) is 9.84 Å². The normalized spacial score (nSPS) is 10.2. The summed E-state index contributed by atoms with van der Waals surface area (Å²) in [5, 5.41) is 8.93. The summed E-state index contributed by atoms with van der Waals surface area (Å²) in [4.78, 5) is 24.7. The standard InChI is InChI=1S/C19H21NO4/c1-3-20(13-18(21)22)19(23)15-9-7-8-14(12-15)16-10-5-6-11-17(16)24-4-2/h5-12H,3-4,13H2,1-2H3,(H,21,22). The van der Waals surface area contributed by atoms with Gasteiger partial charge in [0.1, 0.15) is 12.3 Å². The molecule has 24 heavy (non-hydrogen) atoms. The number of likely N-dealkylation sites (N-methyl/N-ethyl adjacent to an activating group) is 1. The predicted molar refractivity (Wildman–Crippen MR) is 92.3 cm³/mol. The van der Waals surface area contributed by atoms with Crippen molar-refractivity contribution in [2.24, 2.45) is 0 Å². The first-order valence-electron chi connectivity index (χ1n) is 7.90. The topological polar surface area (TPSA) is 66.8 Å². The molecule has 2 rings (SSSR count). The van der Waals surface area contributed by atoms with E-state index in [0.717, 1.165) is 16.9 Å². The molecule has 1 amide bonds. The molecule has 0 saturated heterocycles. The van der Waals surface area contributed by atoms with E-state index in [1.165, 1.54) is 4.90 Å². The lowest BCUT2D eigenvalue weighted by Crippen LogP contribution is -2.35. The molecule has 1 N–H and O–H groups in total. The van der Waals surface area contributed by atoms with Gasteiger partial charge in [0, 0.05) is 17.7 Å². The predicted octanol–water partition coefficient (Wildman–Crippen LogP) is 3.30. The lowest BCUT2D eigenvalue weighted by atomic mass is 10.0. The molecular formula is C19H21NO4. The van der Waals surface area contributed by atoms with Crippen LogP contribution in [0.3, 0.4) is 0 Å². The number of benzene rings is 2. The van der Waals surface area contributed by atoms with E-state index in [-0.39, 0.29) is 12.5 Å². The van der Waals surface area contributed by atoms with Crippen molar-refractivity contribution >= 4 is 11.9 Å². The Balaban J connectivity index is 2.35. The van der Waals surface area contributed by atoms with E-state index in [9.17, 15) is 9.59 Å². The van der Waals surface area contributed by atoms with Crippen LogP contribution < -0.4 is 4.74 Å². The average molecular weight is 327 g/mol. The van der Waals surface area contributed by atoms with Crippen LogP contribution in [0.1, 0.15) is 24.2 Å². The van der Waals surface area contributed by atoms with Crippen LogP contribution >= 0.6 is 0 Å². The molecule has 0 spiro atoms. The average Bonchev–Trinajstić information content (AvgIpc) is 2.60. The minimum absolute atomic E-state index is 0.296. The summed E-state index contributed by atoms with van der Waals surface area (Å²) in [5.41, 5.74) is 2.22. The number of hydrogen-bond donors (Lipinski definition) is 1. The van der Waals surface area contributed by atoms with Gasteiger partial charge in [-0.1, -0.05) is 30.3 Å². The fourth-order valence-electron chi connectivity index (χ4n) is 2.48. The van der Waals surface area contributed by atoms with E-state index in [1.54, 1.807) is 25.1 Å². The van der Waals surface area contributed by atoms with Gasteiger partial charge in [0.25, 0.3) is 5.91 Å². The third-order valence-electron chi connectivity index (χ3n) is 3.60. The minimum Gasteiger partial charge on any atom is -0.493 e. The molecule has 0 aliphatic heterocycles. The number of aliphatic carboxylic acids is 1. The highest BCUT2D eigenvalue weighted by Gasteiger charge is 2.17. The SMILES string of the molecule is CCOc1ccccc1-c1cccc(C(=O)N(CC)CC(=O)O)c1. The van der Waals surface area contributed by atoms with Crippen LogP contribution in [-0.2, 0) is 4.79 Å². The van der Waals surface area contributed by atoms with Crippen molar-refractivity contribution < 1.29 is 19.4 Å². The van der Waals surface area contributed by atoms with Gasteiger partial charge in [-0.05, 0) is 37.6 Å². The van der Waals surface area contributed by atoms with Crippen molar-refractivity contribution in [3.63, 3.8) is 0 Å². The second-order valence-electron chi connectivity index (χ2n) is 5.22. The monoisotopic (exact) mass is 327 g/mol. The fourth-order valence-corrected chi connectivity index (χ4v) is 2.48. The van der Waals surface area contributed by atoms with Crippen molar-refractivity contribution in [2.45, 2.75) is 13.8 Å². The molecule has 0 heterocycles. The van der Waals surface area contributed by atoms with Crippen molar-refractivity contribution in [1.29, 1.82) is 0 Å². The van der Waals surface area contributed by atoms with Crippen LogP contribution in [-0.4, -0.2) is 41.6 Å². The number of carboxylic acid groups (broad SMARTS) is 1. The van der Waals surface area contributed by atoms with Gasteiger partial charge in [-0.3, -0.25) is 9.59 Å². The molecule has 0 unspecified atom stereocenters. The van der Waals surface area contributed by atoms with Crippen LogP contribution in [0, 0.1) is 0 Å². The Morgan fingerprint density at radius 3 is 2.50 bits per heavy atom. The Morgan fingerprint density at radius 2 is 1.83 bits per heavy atom. The maximum Gasteiger partial charge on any atom is 0.323 e. The highest BCUT2D eigenvalue weighted by Crippen LogP contribution is 2.30. The van der Waals surface area contributed by atoms with Gasteiger partial charge in [-0.2, -0.15) is 0 Å². The first-order chi connectivity index (χ1) is 11.6. The molecule has 0 aromatic heterocycles. The van der Waals surface area contributed by atoms with Crippen molar-refractivity contribution in [3.05, 3.63) is 54.1 Å². The Morgan fingerprint density at radius 1 is 1.08 bits per heavy atom. The van der Waals surface area contributed by atoms with Gasteiger partial charge in [-0.15, -0.1) is 0 Å². The maximum absolute atomic E-state index is 12.5. The lowest BCUT2D eigenvalue weighted by molar-refractivity contribution is -0.137. The molecule has 0 bridgehead atoms. The van der Waals surface area contributed by atoms with Crippen molar-refractivity contribution in [1.82, 2.24) is 4.90 Å². The zero-order valence-electron chi connectivity index (χ0n) is 13.9. The molecule has 2 aromatic rings. The first kappa shape index (κ1) is 17.5. The number of ether oxygens (including phenoxy) is 1. The van der Waals surface area contributed by atoms with E-state index in [0.29, 0.717) is 18.7 Å². The van der Waals surface area contributed by atoms with Gasteiger partial charge >= 0.3 is 5.97 Å². The molecule has 0 radical (unpaired) electrons. The smallest absolute Gasteiger partial charge is 0.323 e. The van der Waals surface area contributed by atoms with Gasteiger partial charge in [0.05, 0.1) is 6.61 Å². The van der Waals surface area contributed by atoms with E-state index in [2.05, 4.69) is 0 Å². The second-order valence-corrected chi connectivity index (χ2v) is 5.22. The number of amides is 1. The molecule has 0 fully saturated rings. The Labute approximate surface area is 141 Å². The van der Waals surface area contributed by atoms with Crippen LogP contribution in [0.15, 0.2) is 48.5 Å². The number of carbonyl (C=O) groups is 2. The molecule has 0 aliphatic carbocycles. The summed E-state index contributed by atoms with van der Waals surface area (Å²) >= 11 is 0. The van der Waals surface area contributed by atoms with Crippen LogP contribution in [0.2, 0.25) is 0 Å². The Hall–Kier alpha value is -2.82. The molecular weight excluding hydrogens is 306 g/mol. The van der Waals surface area contributed by atoms with E-state index < -0.39 is 5.97 Å². The van der Waals surface area contributed by atoms with E-state index >= 15 is 0 Å². The second kappa shape index (κ2) is 8.15. The van der Waals surface area contributed by atoms with E-state index in [1.807, 2.05) is 37.3 Å². The molecule has 126 valence electrons. The Bertz CT molecular complexity index is 727. The van der Waals surface area contributed by atoms with Gasteiger partial charge < -0.3 is 14.7 Å². The lowest BCUT2D eigenvalue weighted by Gasteiger charge is -2.19. The largest absolute Gasteiger partial charge is 0.493 e. The number of para-hydroxylation sites is 1. The zero-order chi connectivity index (χ0) is 17.5. The summed E-state index contributed by atoms with van der Waals surface area (Å²) in [6.45, 7) is 4.26. The number of rotatable bonds is 7. The number of carboxylic acids is 1. The number of hydrogen-bond acceptors (Lipinski definition) is 3. The molecule has 2 aromatic carbocycles. The first-order valence-corrected chi connectivity index (χ1v) is 7.90. The summed E-state index contributed by atoms with van der Waals surface area (Å²) < 4.78 is 5.64. The van der Waals surface area contributed by atoms with Crippen LogP contribution in [0.4, 0.5) is 0 Å². The third-order valence-corrected chi connectivity index (χ3v) is 3.60. The molecule has 5 nitrogen and oxygen atoms in total. The number of nitrogens with zero attached hydrogens (tertiary/aromatic N) is 1. The molecule has 0 aliphatic rings. The molecule has 0 saturated carbocycles. The van der Waals surface area contributed by atoms with Crippen LogP contribution in [0.5, 0.6) is 5.75 Å². The molecule has 0 atom stereocenters. The highest BCUT2D eigenvalue weighted by atomic mass is 16.5. The highest BCUT2D eigenvalue weighted by molar-refractivity contribution is 5.97. The summed E-state index contributed by atoms with van der Waals surface area (Å²) in [6.07, 6.45) is 0. The summed E-state index contributed by atoms with van der Waals surface area (Å²) in [6, 6.07) is 14.8.